The number of rotatable bonds is 2. The third kappa shape index (κ3) is 2.22. The Morgan fingerprint density at radius 1 is 1.42 bits per heavy atom. The summed E-state index contributed by atoms with van der Waals surface area (Å²) in [5.41, 5.74) is 0. The van der Waals surface area contributed by atoms with Crippen LogP contribution in [0.3, 0.4) is 0 Å². The summed E-state index contributed by atoms with van der Waals surface area (Å²) < 4.78 is 0. The van der Waals surface area contributed by atoms with E-state index in [9.17, 15) is 0 Å². The van der Waals surface area contributed by atoms with Crippen LogP contribution < -0.4 is 0 Å². The Morgan fingerprint density at radius 2 is 2.08 bits per heavy atom. The predicted octanol–water partition coefficient (Wildman–Crippen LogP) is 2.62. The van der Waals surface area contributed by atoms with Crippen LogP contribution in [0.25, 0.3) is 0 Å². The molecule has 72 valence electrons. The maximum atomic E-state index is 2.59. The lowest BCUT2D eigenvalue weighted by molar-refractivity contribution is 0.102. The Balaban J connectivity index is 2.47. The van der Waals surface area contributed by atoms with Crippen molar-refractivity contribution in [3.8, 4) is 0 Å². The molecule has 0 aromatic rings. The third-order valence-electron chi connectivity index (χ3n) is 3.40. The zero-order valence-electron chi connectivity index (χ0n) is 9.01. The van der Waals surface area contributed by atoms with E-state index in [1.807, 2.05) is 0 Å². The SMILES string of the molecule is CCN1CC[C@@H](C)C(C(C)C)C1. The second kappa shape index (κ2) is 4.27. The van der Waals surface area contributed by atoms with Crippen LogP contribution in [0.4, 0.5) is 0 Å². The molecule has 1 aliphatic heterocycles. The molecule has 1 saturated heterocycles. The summed E-state index contributed by atoms with van der Waals surface area (Å²) in [6.45, 7) is 13.3. The van der Waals surface area contributed by atoms with Crippen molar-refractivity contribution in [1.29, 1.82) is 0 Å². The molecule has 12 heavy (non-hydrogen) atoms. The van der Waals surface area contributed by atoms with E-state index in [2.05, 4.69) is 32.6 Å². The minimum absolute atomic E-state index is 0.856. The number of hydrogen-bond acceptors (Lipinski definition) is 1. The van der Waals surface area contributed by atoms with Crippen LogP contribution in [0.5, 0.6) is 0 Å². The van der Waals surface area contributed by atoms with Crippen molar-refractivity contribution < 1.29 is 0 Å². The van der Waals surface area contributed by atoms with Gasteiger partial charge in [-0.2, -0.15) is 0 Å². The van der Waals surface area contributed by atoms with Crippen molar-refractivity contribution in [1.82, 2.24) is 4.90 Å². The van der Waals surface area contributed by atoms with Crippen LogP contribution in [0.1, 0.15) is 34.1 Å². The summed E-state index contributed by atoms with van der Waals surface area (Å²) >= 11 is 0. The van der Waals surface area contributed by atoms with E-state index in [0.29, 0.717) is 0 Å². The van der Waals surface area contributed by atoms with Crippen molar-refractivity contribution in [3.05, 3.63) is 0 Å². The van der Waals surface area contributed by atoms with E-state index in [-0.39, 0.29) is 0 Å². The van der Waals surface area contributed by atoms with Gasteiger partial charge in [0.2, 0.25) is 0 Å². The fourth-order valence-electron chi connectivity index (χ4n) is 2.32. The van der Waals surface area contributed by atoms with Gasteiger partial charge < -0.3 is 4.90 Å². The van der Waals surface area contributed by atoms with Crippen LogP contribution in [0.15, 0.2) is 0 Å². The maximum absolute atomic E-state index is 2.59. The Morgan fingerprint density at radius 3 is 2.58 bits per heavy atom. The van der Waals surface area contributed by atoms with Crippen LogP contribution in [0, 0.1) is 17.8 Å². The molecule has 0 aromatic carbocycles. The van der Waals surface area contributed by atoms with Crippen molar-refractivity contribution in [2.24, 2.45) is 17.8 Å². The fraction of sp³-hybridized carbons (Fsp3) is 1.00. The normalized spacial score (nSPS) is 32.8. The topological polar surface area (TPSA) is 3.24 Å². The number of hydrogen-bond donors (Lipinski definition) is 0. The first-order valence-electron chi connectivity index (χ1n) is 5.37. The summed E-state index contributed by atoms with van der Waals surface area (Å²) in [5.74, 6) is 2.72. The third-order valence-corrected chi connectivity index (χ3v) is 3.40. The van der Waals surface area contributed by atoms with Gasteiger partial charge in [0.1, 0.15) is 0 Å². The maximum Gasteiger partial charge on any atom is 0.00145 e. The lowest BCUT2D eigenvalue weighted by Crippen LogP contribution is -2.41. The second-order valence-electron chi connectivity index (χ2n) is 4.57. The minimum atomic E-state index is 0.856. The van der Waals surface area contributed by atoms with E-state index in [0.717, 1.165) is 17.8 Å². The van der Waals surface area contributed by atoms with Gasteiger partial charge >= 0.3 is 0 Å². The fourth-order valence-corrected chi connectivity index (χ4v) is 2.32. The van der Waals surface area contributed by atoms with Gasteiger partial charge in [-0.05, 0) is 37.3 Å². The summed E-state index contributed by atoms with van der Waals surface area (Å²) in [4.78, 5) is 2.59. The van der Waals surface area contributed by atoms with Crippen molar-refractivity contribution in [2.75, 3.05) is 19.6 Å². The highest BCUT2D eigenvalue weighted by atomic mass is 15.1. The van der Waals surface area contributed by atoms with Gasteiger partial charge in [0.25, 0.3) is 0 Å². The van der Waals surface area contributed by atoms with Gasteiger partial charge in [-0.1, -0.05) is 27.7 Å². The molecule has 1 heteroatoms. The molecule has 0 saturated carbocycles. The summed E-state index contributed by atoms with van der Waals surface area (Å²) in [6.07, 6.45) is 1.40. The molecule has 1 aliphatic rings. The zero-order valence-corrected chi connectivity index (χ0v) is 9.01. The first kappa shape index (κ1) is 10.0. The number of likely N-dealkylation sites (tertiary alicyclic amines) is 1. The van der Waals surface area contributed by atoms with Gasteiger partial charge in [-0.25, -0.2) is 0 Å². The molecule has 0 spiro atoms. The predicted molar refractivity (Wildman–Crippen MR) is 54.2 cm³/mol. The van der Waals surface area contributed by atoms with Crippen molar-refractivity contribution in [2.45, 2.75) is 34.1 Å². The highest BCUT2D eigenvalue weighted by Gasteiger charge is 2.27. The molecule has 1 heterocycles. The van der Waals surface area contributed by atoms with E-state index >= 15 is 0 Å². The monoisotopic (exact) mass is 169 g/mol. The zero-order chi connectivity index (χ0) is 9.14. The highest BCUT2D eigenvalue weighted by molar-refractivity contribution is 4.79. The highest BCUT2D eigenvalue weighted by Crippen LogP contribution is 2.28. The Bertz CT molecular complexity index is 131. The Hall–Kier alpha value is -0.0400. The van der Waals surface area contributed by atoms with Gasteiger partial charge in [0.05, 0.1) is 0 Å². The van der Waals surface area contributed by atoms with Crippen LogP contribution >= 0.6 is 0 Å². The first-order valence-corrected chi connectivity index (χ1v) is 5.37. The molecule has 0 radical (unpaired) electrons. The molecular formula is C11H23N. The average Bonchev–Trinajstić information content (AvgIpc) is 2.05. The molecule has 0 aromatic heterocycles. The lowest BCUT2D eigenvalue weighted by Gasteiger charge is -2.38. The number of nitrogens with zero attached hydrogens (tertiary/aromatic N) is 1. The molecule has 1 nitrogen and oxygen atoms in total. The quantitative estimate of drug-likeness (QED) is 0.614. The molecule has 0 bridgehead atoms. The standard InChI is InChI=1S/C11H23N/c1-5-12-7-6-10(4)11(8-12)9(2)3/h9-11H,5-8H2,1-4H3/t10-,11?/m1/s1. The summed E-state index contributed by atoms with van der Waals surface area (Å²) in [6, 6.07) is 0. The smallest absolute Gasteiger partial charge is 0.00145 e. The molecule has 0 N–H and O–H groups in total. The minimum Gasteiger partial charge on any atom is -0.303 e. The van der Waals surface area contributed by atoms with E-state index in [1.54, 1.807) is 0 Å². The van der Waals surface area contributed by atoms with E-state index in [4.69, 9.17) is 0 Å². The van der Waals surface area contributed by atoms with Crippen LogP contribution in [-0.2, 0) is 0 Å². The molecule has 1 unspecified atom stereocenters. The van der Waals surface area contributed by atoms with Crippen molar-refractivity contribution >= 4 is 0 Å². The van der Waals surface area contributed by atoms with Crippen LogP contribution in [0.2, 0.25) is 0 Å². The molecule has 1 fully saturated rings. The largest absolute Gasteiger partial charge is 0.303 e. The van der Waals surface area contributed by atoms with Crippen molar-refractivity contribution in [3.63, 3.8) is 0 Å². The van der Waals surface area contributed by atoms with E-state index < -0.39 is 0 Å². The molecular weight excluding hydrogens is 146 g/mol. The summed E-state index contributed by atoms with van der Waals surface area (Å²) in [7, 11) is 0. The van der Waals surface area contributed by atoms with E-state index in [1.165, 1.54) is 26.1 Å². The lowest BCUT2D eigenvalue weighted by atomic mass is 9.80. The average molecular weight is 169 g/mol. The molecule has 1 rings (SSSR count). The Kier molecular flexibility index (Phi) is 3.57. The molecule has 0 aliphatic carbocycles. The summed E-state index contributed by atoms with van der Waals surface area (Å²) in [5, 5.41) is 0. The second-order valence-corrected chi connectivity index (χ2v) is 4.57. The van der Waals surface area contributed by atoms with Gasteiger partial charge in [0.15, 0.2) is 0 Å². The molecule has 0 amide bonds. The first-order chi connectivity index (χ1) is 5.65. The van der Waals surface area contributed by atoms with Gasteiger partial charge in [-0.15, -0.1) is 0 Å². The van der Waals surface area contributed by atoms with Gasteiger partial charge in [-0.3, -0.25) is 0 Å². The van der Waals surface area contributed by atoms with Gasteiger partial charge in [0, 0.05) is 6.54 Å². The van der Waals surface area contributed by atoms with Crippen LogP contribution in [-0.4, -0.2) is 24.5 Å². The number of piperidine rings is 1. The Labute approximate surface area is 77.1 Å². The molecule has 2 atom stereocenters.